The number of thiocarbonyl (C=S) groups is 1. The van der Waals surface area contributed by atoms with Crippen LogP contribution in [0.2, 0.25) is 0 Å². The molecular formula is C7H12S. The molecule has 0 aromatic carbocycles. The summed E-state index contributed by atoms with van der Waals surface area (Å²) in [6, 6.07) is 0. The molecule has 1 fully saturated rings. The van der Waals surface area contributed by atoms with E-state index in [0.717, 1.165) is 5.92 Å². The predicted molar refractivity (Wildman–Crippen MR) is 40.2 cm³/mol. The van der Waals surface area contributed by atoms with Crippen molar-refractivity contribution in [2.45, 2.75) is 32.1 Å². The molecule has 1 aliphatic carbocycles. The van der Waals surface area contributed by atoms with Crippen LogP contribution in [0, 0.1) is 5.92 Å². The number of hydrogen-bond donors (Lipinski definition) is 0. The largest absolute Gasteiger partial charge is 0.0932 e. The van der Waals surface area contributed by atoms with Gasteiger partial charge in [0.25, 0.3) is 0 Å². The Kier molecular flexibility index (Phi) is 2.47. The minimum Gasteiger partial charge on any atom is -0.0932 e. The normalized spacial score (nSPS) is 23.0. The minimum absolute atomic E-state index is 0.777. The molecule has 0 nitrogen and oxygen atoms in total. The summed E-state index contributed by atoms with van der Waals surface area (Å²) in [6.45, 7) is 0. The quantitative estimate of drug-likeness (QED) is 0.489. The van der Waals surface area contributed by atoms with Crippen LogP contribution in [0.25, 0.3) is 0 Å². The maximum atomic E-state index is 4.85. The zero-order valence-corrected chi connectivity index (χ0v) is 5.91. The molecule has 0 aromatic heterocycles. The highest BCUT2D eigenvalue weighted by Gasteiger charge is 2.08. The van der Waals surface area contributed by atoms with Crippen LogP contribution in [-0.4, -0.2) is 5.37 Å². The van der Waals surface area contributed by atoms with E-state index in [9.17, 15) is 0 Å². The molecule has 0 atom stereocenters. The highest BCUT2D eigenvalue weighted by Crippen LogP contribution is 2.21. The Labute approximate surface area is 56.3 Å². The molecule has 1 saturated carbocycles. The van der Waals surface area contributed by atoms with Gasteiger partial charge in [-0.2, -0.15) is 0 Å². The van der Waals surface area contributed by atoms with Gasteiger partial charge < -0.3 is 0 Å². The first-order valence-corrected chi connectivity index (χ1v) is 3.86. The fraction of sp³-hybridized carbons (Fsp3) is 0.857. The van der Waals surface area contributed by atoms with Gasteiger partial charge in [-0.3, -0.25) is 0 Å². The molecular weight excluding hydrogens is 116 g/mol. The van der Waals surface area contributed by atoms with Crippen molar-refractivity contribution >= 4 is 17.6 Å². The van der Waals surface area contributed by atoms with Crippen molar-refractivity contribution in [1.82, 2.24) is 0 Å². The van der Waals surface area contributed by atoms with Crippen LogP contribution >= 0.6 is 12.2 Å². The molecule has 8 heavy (non-hydrogen) atoms. The summed E-state index contributed by atoms with van der Waals surface area (Å²) in [5, 5.41) is 1.94. The third-order valence-corrected chi connectivity index (χ3v) is 2.23. The Hall–Kier alpha value is 0.0900. The first-order chi connectivity index (χ1) is 3.93. The smallest absolute Gasteiger partial charge is 0.0128 e. The van der Waals surface area contributed by atoms with Gasteiger partial charge in [0.2, 0.25) is 0 Å². The fourth-order valence-electron chi connectivity index (χ4n) is 1.27. The van der Waals surface area contributed by atoms with E-state index < -0.39 is 0 Å². The number of rotatable bonds is 1. The van der Waals surface area contributed by atoms with Crippen LogP contribution < -0.4 is 0 Å². The van der Waals surface area contributed by atoms with E-state index in [1.165, 1.54) is 32.1 Å². The van der Waals surface area contributed by atoms with Gasteiger partial charge in [-0.05, 0) is 24.1 Å². The second kappa shape index (κ2) is 3.18. The van der Waals surface area contributed by atoms with Crippen molar-refractivity contribution in [3.8, 4) is 0 Å². The lowest BCUT2D eigenvalue weighted by Gasteiger charge is -2.15. The third-order valence-electron chi connectivity index (χ3n) is 1.84. The minimum atomic E-state index is 0.777. The first-order valence-electron chi connectivity index (χ1n) is 3.39. The van der Waals surface area contributed by atoms with Crippen molar-refractivity contribution in [2.75, 3.05) is 0 Å². The molecule has 46 valence electrons. The van der Waals surface area contributed by atoms with E-state index in [1.54, 1.807) is 0 Å². The lowest BCUT2D eigenvalue weighted by Crippen LogP contribution is -2.05. The topological polar surface area (TPSA) is 0 Å². The summed E-state index contributed by atoms with van der Waals surface area (Å²) in [5.74, 6) is 0.777. The van der Waals surface area contributed by atoms with Crippen molar-refractivity contribution < 1.29 is 0 Å². The van der Waals surface area contributed by atoms with Crippen LogP contribution in [0.1, 0.15) is 32.1 Å². The van der Waals surface area contributed by atoms with Crippen molar-refractivity contribution in [3.63, 3.8) is 0 Å². The van der Waals surface area contributed by atoms with Gasteiger partial charge in [0.15, 0.2) is 0 Å². The lowest BCUT2D eigenvalue weighted by molar-refractivity contribution is 0.448. The Morgan fingerprint density at radius 3 is 2.12 bits per heavy atom. The van der Waals surface area contributed by atoms with Crippen molar-refractivity contribution in [3.05, 3.63) is 0 Å². The van der Waals surface area contributed by atoms with Crippen LogP contribution in [0.15, 0.2) is 0 Å². The van der Waals surface area contributed by atoms with Crippen molar-refractivity contribution in [2.24, 2.45) is 5.92 Å². The van der Waals surface area contributed by atoms with E-state index in [0.29, 0.717) is 0 Å². The van der Waals surface area contributed by atoms with Crippen molar-refractivity contribution in [1.29, 1.82) is 0 Å². The van der Waals surface area contributed by atoms with Crippen LogP contribution in [0.5, 0.6) is 0 Å². The molecule has 0 unspecified atom stereocenters. The second-order valence-corrected chi connectivity index (χ2v) is 2.81. The molecule has 0 saturated heterocycles. The fourth-order valence-corrected chi connectivity index (χ4v) is 1.54. The van der Waals surface area contributed by atoms with Crippen LogP contribution in [0.3, 0.4) is 0 Å². The monoisotopic (exact) mass is 128 g/mol. The number of hydrogen-bond acceptors (Lipinski definition) is 1. The van der Waals surface area contributed by atoms with Gasteiger partial charge in [-0.15, -0.1) is 0 Å². The van der Waals surface area contributed by atoms with Gasteiger partial charge in [0.05, 0.1) is 0 Å². The Morgan fingerprint density at radius 2 is 1.75 bits per heavy atom. The Morgan fingerprint density at radius 1 is 1.12 bits per heavy atom. The zero-order chi connectivity index (χ0) is 5.82. The van der Waals surface area contributed by atoms with Gasteiger partial charge >= 0.3 is 0 Å². The second-order valence-electron chi connectivity index (χ2n) is 2.53. The maximum Gasteiger partial charge on any atom is -0.0128 e. The summed E-state index contributed by atoms with van der Waals surface area (Å²) >= 11 is 4.85. The molecule has 0 amide bonds. The van der Waals surface area contributed by atoms with Gasteiger partial charge in [-0.1, -0.05) is 31.5 Å². The van der Waals surface area contributed by atoms with Gasteiger partial charge in [-0.25, -0.2) is 0 Å². The Bertz CT molecular complexity index is 72.5. The summed E-state index contributed by atoms with van der Waals surface area (Å²) in [6.07, 6.45) is 6.93. The average molecular weight is 128 g/mol. The molecule has 0 heterocycles. The molecule has 1 rings (SSSR count). The van der Waals surface area contributed by atoms with E-state index in [2.05, 4.69) is 0 Å². The van der Waals surface area contributed by atoms with E-state index in [-0.39, 0.29) is 0 Å². The molecule has 0 aromatic rings. The lowest BCUT2D eigenvalue weighted by atomic mass is 9.91. The van der Waals surface area contributed by atoms with Crippen LogP contribution in [-0.2, 0) is 0 Å². The third kappa shape index (κ3) is 1.55. The molecule has 0 radical (unpaired) electrons. The van der Waals surface area contributed by atoms with E-state index in [1.807, 2.05) is 5.37 Å². The summed E-state index contributed by atoms with van der Waals surface area (Å²) in [4.78, 5) is 0. The van der Waals surface area contributed by atoms with Gasteiger partial charge in [0.1, 0.15) is 0 Å². The van der Waals surface area contributed by atoms with E-state index >= 15 is 0 Å². The highest BCUT2D eigenvalue weighted by atomic mass is 32.1. The molecule has 0 bridgehead atoms. The Balaban J connectivity index is 2.22. The summed E-state index contributed by atoms with van der Waals surface area (Å²) in [5.41, 5.74) is 0. The molecule has 1 heteroatoms. The van der Waals surface area contributed by atoms with Gasteiger partial charge in [0, 0.05) is 0 Å². The molecule has 0 aliphatic heterocycles. The first kappa shape index (κ1) is 6.21. The molecule has 0 N–H and O–H groups in total. The highest BCUT2D eigenvalue weighted by molar-refractivity contribution is 7.79. The average Bonchev–Trinajstić information content (AvgIpc) is 1.90. The summed E-state index contributed by atoms with van der Waals surface area (Å²) < 4.78 is 0. The summed E-state index contributed by atoms with van der Waals surface area (Å²) in [7, 11) is 0. The van der Waals surface area contributed by atoms with Crippen LogP contribution in [0.4, 0.5) is 0 Å². The SMILES string of the molecule is S=CC1CCCCC1. The maximum absolute atomic E-state index is 4.85. The van der Waals surface area contributed by atoms with E-state index in [4.69, 9.17) is 12.2 Å². The standard InChI is InChI=1S/C7H12S/c8-6-7-4-2-1-3-5-7/h6-7H,1-5H2. The molecule has 0 spiro atoms. The zero-order valence-electron chi connectivity index (χ0n) is 5.10. The molecule has 1 aliphatic rings. The predicted octanol–water partition coefficient (Wildman–Crippen LogP) is 2.57.